The maximum absolute atomic E-state index is 11.9. The number of nitrogens with two attached hydrogens (primary N) is 1. The number of ether oxygens (including phenoxy) is 2. The van der Waals surface area contributed by atoms with Crippen LogP contribution in [0.15, 0.2) is 18.2 Å². The Bertz CT molecular complexity index is 568. The van der Waals surface area contributed by atoms with Crippen molar-refractivity contribution in [1.29, 1.82) is 0 Å². The number of hydrogen-bond donors (Lipinski definition) is 1. The van der Waals surface area contributed by atoms with Crippen LogP contribution >= 0.6 is 0 Å². The quantitative estimate of drug-likeness (QED) is 0.596. The van der Waals surface area contributed by atoms with Crippen molar-refractivity contribution in [1.82, 2.24) is 0 Å². The first-order chi connectivity index (χ1) is 9.41. The first kappa shape index (κ1) is 16.5. The van der Waals surface area contributed by atoms with Crippen LogP contribution in [0.4, 0.5) is 5.69 Å². The second-order valence-corrected chi connectivity index (χ2v) is 6.37. The molecule has 0 atom stereocenters. The number of benzene rings is 1. The molecule has 0 saturated heterocycles. The number of rotatable bonds is 7. The van der Waals surface area contributed by atoms with Crippen LogP contribution in [0, 0.1) is 0 Å². The van der Waals surface area contributed by atoms with Crippen LogP contribution in [0.25, 0.3) is 0 Å². The van der Waals surface area contributed by atoms with Crippen molar-refractivity contribution >= 4 is 21.5 Å². The lowest BCUT2D eigenvalue weighted by atomic mass is 10.1. The minimum Gasteiger partial charge on any atom is -0.462 e. The maximum atomic E-state index is 11.9. The van der Waals surface area contributed by atoms with Gasteiger partial charge in [0.15, 0.2) is 9.84 Å². The van der Waals surface area contributed by atoms with Crippen molar-refractivity contribution in [2.24, 2.45) is 0 Å². The normalized spacial score (nSPS) is 11.3. The zero-order valence-corrected chi connectivity index (χ0v) is 12.4. The molecule has 2 N–H and O–H groups in total. The van der Waals surface area contributed by atoms with Crippen LogP contribution in [-0.4, -0.2) is 40.5 Å². The van der Waals surface area contributed by atoms with Crippen molar-refractivity contribution in [2.75, 3.05) is 31.8 Å². The highest BCUT2D eigenvalue weighted by Gasteiger charge is 2.20. The van der Waals surface area contributed by atoms with Crippen molar-refractivity contribution in [3.63, 3.8) is 0 Å². The van der Waals surface area contributed by atoms with Crippen LogP contribution in [0.2, 0.25) is 0 Å². The Morgan fingerprint density at radius 3 is 2.65 bits per heavy atom. The smallest absolute Gasteiger partial charge is 0.340 e. The van der Waals surface area contributed by atoms with Crippen LogP contribution in [0.1, 0.15) is 22.8 Å². The molecule has 1 aromatic carbocycles. The largest absolute Gasteiger partial charge is 0.462 e. The molecule has 7 heteroatoms. The summed E-state index contributed by atoms with van der Waals surface area (Å²) in [5.74, 6) is -0.988. The van der Waals surface area contributed by atoms with Crippen LogP contribution < -0.4 is 5.73 Å². The van der Waals surface area contributed by atoms with E-state index in [1.807, 2.05) is 0 Å². The van der Waals surface area contributed by atoms with Gasteiger partial charge in [-0.15, -0.1) is 0 Å². The van der Waals surface area contributed by atoms with Gasteiger partial charge in [-0.2, -0.15) is 0 Å². The lowest BCUT2D eigenvalue weighted by molar-refractivity contribution is 0.0526. The van der Waals surface area contributed by atoms with Gasteiger partial charge in [-0.25, -0.2) is 13.2 Å². The van der Waals surface area contributed by atoms with E-state index >= 15 is 0 Å². The first-order valence-corrected chi connectivity index (χ1v) is 7.97. The Kier molecular flexibility index (Phi) is 5.97. The number of nitrogen functional groups attached to an aromatic ring is 1. The summed E-state index contributed by atoms with van der Waals surface area (Å²) in [7, 11) is -1.94. The predicted molar refractivity (Wildman–Crippen MR) is 76.2 cm³/mol. The first-order valence-electron chi connectivity index (χ1n) is 6.15. The summed E-state index contributed by atoms with van der Waals surface area (Å²) in [5, 5.41) is 0. The summed E-state index contributed by atoms with van der Waals surface area (Å²) in [6.45, 7) is 1.98. The lowest BCUT2D eigenvalue weighted by Gasteiger charge is -2.11. The van der Waals surface area contributed by atoms with Gasteiger partial charge in [0.25, 0.3) is 0 Å². The Labute approximate surface area is 118 Å². The minimum atomic E-state index is -3.37. The average Bonchev–Trinajstić information content (AvgIpc) is 2.36. The molecule has 0 heterocycles. The molecule has 1 rings (SSSR count). The summed E-state index contributed by atoms with van der Waals surface area (Å²) >= 11 is 0. The van der Waals surface area contributed by atoms with Gasteiger partial charge < -0.3 is 15.2 Å². The SMILES string of the molecule is CCOC(=O)c1c(N)cccc1CS(=O)(=O)CCOC. The lowest BCUT2D eigenvalue weighted by Crippen LogP contribution is -2.17. The third-order valence-electron chi connectivity index (χ3n) is 2.64. The second-order valence-electron chi connectivity index (χ2n) is 4.19. The molecule has 0 fully saturated rings. The zero-order valence-electron chi connectivity index (χ0n) is 11.6. The summed E-state index contributed by atoms with van der Waals surface area (Å²) in [6, 6.07) is 4.71. The molecule has 0 aromatic heterocycles. The summed E-state index contributed by atoms with van der Waals surface area (Å²) in [4.78, 5) is 11.9. The molecule has 0 saturated carbocycles. The van der Waals surface area contributed by atoms with E-state index in [4.69, 9.17) is 15.2 Å². The second kappa shape index (κ2) is 7.25. The molecule has 1 aromatic rings. The van der Waals surface area contributed by atoms with Crippen LogP contribution in [0.5, 0.6) is 0 Å². The summed E-state index contributed by atoms with van der Waals surface area (Å²) in [5.41, 5.74) is 6.43. The monoisotopic (exact) mass is 301 g/mol. The number of methoxy groups -OCH3 is 1. The number of carbonyl (C=O) groups excluding carboxylic acids is 1. The number of esters is 1. The molecule has 0 radical (unpaired) electrons. The van der Waals surface area contributed by atoms with E-state index < -0.39 is 15.8 Å². The highest BCUT2D eigenvalue weighted by Crippen LogP contribution is 2.21. The van der Waals surface area contributed by atoms with Crippen molar-refractivity contribution in [3.05, 3.63) is 29.3 Å². The molecule has 0 bridgehead atoms. The summed E-state index contributed by atoms with van der Waals surface area (Å²) in [6.07, 6.45) is 0. The molecule has 0 aliphatic rings. The number of sulfone groups is 1. The van der Waals surface area contributed by atoms with Gasteiger partial charge in [0.05, 0.1) is 30.3 Å². The fourth-order valence-electron chi connectivity index (χ4n) is 1.71. The van der Waals surface area contributed by atoms with E-state index in [0.29, 0.717) is 5.56 Å². The van der Waals surface area contributed by atoms with Crippen LogP contribution in [-0.2, 0) is 25.1 Å². The van der Waals surface area contributed by atoms with Crippen molar-refractivity contribution in [3.8, 4) is 0 Å². The Balaban J connectivity index is 3.07. The van der Waals surface area contributed by atoms with Gasteiger partial charge in [0.1, 0.15) is 0 Å². The average molecular weight is 301 g/mol. The summed E-state index contributed by atoms with van der Waals surface area (Å²) < 4.78 is 33.5. The fraction of sp³-hybridized carbons (Fsp3) is 0.462. The van der Waals surface area contributed by atoms with Gasteiger partial charge in [-0.1, -0.05) is 12.1 Å². The third kappa shape index (κ3) is 4.50. The topological polar surface area (TPSA) is 95.7 Å². The van der Waals surface area contributed by atoms with E-state index in [9.17, 15) is 13.2 Å². The van der Waals surface area contributed by atoms with Gasteiger partial charge >= 0.3 is 5.97 Å². The van der Waals surface area contributed by atoms with Gasteiger partial charge in [0, 0.05) is 12.8 Å². The molecule has 0 amide bonds. The van der Waals surface area contributed by atoms with E-state index in [-0.39, 0.29) is 36.0 Å². The fourth-order valence-corrected chi connectivity index (χ4v) is 2.99. The van der Waals surface area contributed by atoms with Crippen molar-refractivity contribution < 1.29 is 22.7 Å². The molecule has 6 nitrogen and oxygen atoms in total. The Morgan fingerprint density at radius 2 is 2.05 bits per heavy atom. The highest BCUT2D eigenvalue weighted by molar-refractivity contribution is 7.90. The molecule has 0 spiro atoms. The molecule has 0 aliphatic heterocycles. The van der Waals surface area contributed by atoms with Gasteiger partial charge in [-0.05, 0) is 18.6 Å². The van der Waals surface area contributed by atoms with E-state index in [1.54, 1.807) is 19.1 Å². The van der Waals surface area contributed by atoms with E-state index in [0.717, 1.165) is 0 Å². The maximum Gasteiger partial charge on any atom is 0.340 e. The predicted octanol–water partition coefficient (Wildman–Crippen LogP) is 1.01. The third-order valence-corrected chi connectivity index (χ3v) is 4.18. The van der Waals surface area contributed by atoms with E-state index in [1.165, 1.54) is 13.2 Å². The standard InChI is InChI=1S/C13H19NO5S/c1-3-19-13(15)12-10(5-4-6-11(12)14)9-20(16,17)8-7-18-2/h4-6H,3,7-9,14H2,1-2H3. The van der Waals surface area contributed by atoms with Crippen LogP contribution in [0.3, 0.4) is 0 Å². The zero-order chi connectivity index (χ0) is 15.2. The van der Waals surface area contributed by atoms with E-state index in [2.05, 4.69) is 0 Å². The molecule has 0 aliphatic carbocycles. The highest BCUT2D eigenvalue weighted by atomic mass is 32.2. The molecular formula is C13H19NO5S. The number of anilines is 1. The Hall–Kier alpha value is -1.60. The van der Waals surface area contributed by atoms with Crippen molar-refractivity contribution in [2.45, 2.75) is 12.7 Å². The number of carbonyl (C=O) groups is 1. The molecular weight excluding hydrogens is 282 g/mol. The Morgan fingerprint density at radius 1 is 1.35 bits per heavy atom. The molecule has 112 valence electrons. The van der Waals surface area contributed by atoms with Gasteiger partial charge in [-0.3, -0.25) is 0 Å². The molecule has 20 heavy (non-hydrogen) atoms. The molecule has 0 unspecified atom stereocenters. The minimum absolute atomic E-state index is 0.111. The number of hydrogen-bond acceptors (Lipinski definition) is 6. The van der Waals surface area contributed by atoms with Gasteiger partial charge in [0.2, 0.25) is 0 Å².